The Morgan fingerprint density at radius 2 is 0.557 bits per heavy atom. The monoisotopic (exact) mass is 1480 g/mol. The van der Waals surface area contributed by atoms with Crippen molar-refractivity contribution >= 4 is 66.3 Å². The van der Waals surface area contributed by atoms with Crippen molar-refractivity contribution < 1.29 is 92.2 Å². The van der Waals surface area contributed by atoms with Crippen LogP contribution in [0.3, 0.4) is 0 Å². The van der Waals surface area contributed by atoms with Gasteiger partial charge in [0.15, 0.2) is 0 Å². The van der Waals surface area contributed by atoms with Crippen LogP contribution in [0.15, 0.2) is 140 Å². The zero-order valence-corrected chi connectivity index (χ0v) is 63.7. The largest absolute Gasteiger partial charge is 0.416 e. The Labute approximate surface area is 563 Å². The van der Waals surface area contributed by atoms with Gasteiger partial charge < -0.3 is 0 Å². The molecule has 0 saturated heterocycles. The van der Waals surface area contributed by atoms with Crippen molar-refractivity contribution in [1.29, 1.82) is 0 Å². The van der Waals surface area contributed by atoms with Gasteiger partial charge in [-0.15, -0.1) is 0 Å². The summed E-state index contributed by atoms with van der Waals surface area (Å²) >= 11 is 0. The Kier molecular flexibility index (Phi) is 30.8. The number of benzene rings is 7. The van der Waals surface area contributed by atoms with Crippen LogP contribution in [0.2, 0.25) is 98.2 Å². The first-order valence-electron chi connectivity index (χ1n) is 30.3. The van der Waals surface area contributed by atoms with E-state index in [1.165, 1.54) is 23.6 Å². The average Bonchev–Trinajstić information content (AvgIpc) is 0.781. The van der Waals surface area contributed by atoms with Gasteiger partial charge >= 0.3 is 43.2 Å². The summed E-state index contributed by atoms with van der Waals surface area (Å²) in [7, 11) is -5.53. The summed E-state index contributed by atoms with van der Waals surface area (Å²) in [5, 5.41) is 7.96. The fraction of sp³-hybridized carbons (Fsp3) is 0.408. The van der Waals surface area contributed by atoms with Crippen LogP contribution in [0, 0.1) is 48.5 Å². The third kappa shape index (κ3) is 30.3. The summed E-state index contributed by atoms with van der Waals surface area (Å²) in [5.41, 5.74) is -6.82. The Balaban J connectivity index is 0.000000570. The summed E-state index contributed by atoms with van der Waals surface area (Å²) in [6.07, 6.45) is -34.9. The van der Waals surface area contributed by atoms with Gasteiger partial charge in [0.05, 0.1) is 79.3 Å². The van der Waals surface area contributed by atoms with E-state index in [0.717, 1.165) is 13.0 Å². The lowest BCUT2D eigenvalue weighted by Gasteiger charge is -2.26. The van der Waals surface area contributed by atoms with Crippen molar-refractivity contribution in [2.24, 2.45) is 0 Å². The van der Waals surface area contributed by atoms with Crippen molar-refractivity contribution in [2.45, 2.75) is 190 Å². The standard InChI is InChI=1S/C13H24Si2.C10H5F9.3C10H16Si.2C9H6F6/c1-11-12(14(2,3)4)9-8-10-13(11)15(5,6)7;1-4-6(9(14,15)16)2-5(8(11,12)13)3-7(4)10(17,18)19;1-9-5-7-10(8-6-9)11(2,3)4;1-9-6-5-7-10(8-9)11(2,3)4;1-9-7-5-6-8-10(9)11(2,3)4;1-5-2-6(8(10,11)12)4-7(3-5)9(13,14)15;1-5-2-3-6(8(10,11)12)4-7(5)9(13,14)15/h8-10H,1-7H3;2-3H,1H3;3*5-8H,1-4H3;2*2-4H,1H3. The molecule has 540 valence electrons. The SMILES string of the molecule is Cc1c(C(F)(F)F)cc(C(F)(F)F)cc1C(F)(F)F.Cc1c([Si](C)(C)C)cccc1[Si](C)(C)C.Cc1cc(C(F)(F)F)cc(C(F)(F)F)c1.Cc1ccc(C(F)(F)F)cc1C(F)(F)F.Cc1ccc([Si](C)(C)C)cc1.Cc1cccc([Si](C)(C)C)c1.Cc1ccccc1[Si](C)(C)C. The molecule has 0 saturated carbocycles. The number of rotatable bonds is 5. The van der Waals surface area contributed by atoms with E-state index in [0.29, 0.717) is 25.1 Å². The fourth-order valence-corrected chi connectivity index (χ4v) is 17.6. The van der Waals surface area contributed by atoms with Crippen molar-refractivity contribution in [3.63, 3.8) is 0 Å². The normalized spacial score (nSPS) is 12.7. The lowest BCUT2D eigenvalue weighted by molar-refractivity contribution is -0.150. The smallest absolute Gasteiger partial charge is 0.166 e. The van der Waals surface area contributed by atoms with E-state index in [1.54, 1.807) is 31.5 Å². The summed E-state index contributed by atoms with van der Waals surface area (Å²) in [5.74, 6) is 0. The van der Waals surface area contributed by atoms with Crippen molar-refractivity contribution in [2.75, 3.05) is 0 Å². The van der Waals surface area contributed by atoms with Gasteiger partial charge in [-0.2, -0.15) is 92.2 Å². The highest BCUT2D eigenvalue weighted by molar-refractivity contribution is 6.92. The van der Waals surface area contributed by atoms with Gasteiger partial charge in [-0.25, -0.2) is 0 Å². The Bertz CT molecular complexity index is 3510. The van der Waals surface area contributed by atoms with Crippen molar-refractivity contribution in [3.05, 3.63) is 217 Å². The highest BCUT2D eigenvalue weighted by Gasteiger charge is 2.44. The molecule has 0 unspecified atom stereocenters. The lowest BCUT2D eigenvalue weighted by Crippen LogP contribution is -2.48. The molecule has 0 aliphatic rings. The van der Waals surface area contributed by atoms with E-state index in [-0.39, 0.29) is 35.4 Å². The zero-order valence-electron chi connectivity index (χ0n) is 58.7. The van der Waals surface area contributed by atoms with Gasteiger partial charge in [0.25, 0.3) is 0 Å². The van der Waals surface area contributed by atoms with E-state index in [2.05, 4.69) is 217 Å². The summed E-state index contributed by atoms with van der Waals surface area (Å²) in [6, 6.07) is 35.8. The van der Waals surface area contributed by atoms with Gasteiger partial charge in [0, 0.05) is 0 Å². The van der Waals surface area contributed by atoms with Crippen LogP contribution in [-0.2, 0) is 43.2 Å². The highest BCUT2D eigenvalue weighted by atomic mass is 28.3. The Morgan fingerprint density at radius 1 is 0.216 bits per heavy atom. The molecule has 0 heterocycles. The predicted octanol–water partition coefficient (Wildman–Crippen LogP) is 23.8. The van der Waals surface area contributed by atoms with Crippen LogP contribution in [0.5, 0.6) is 0 Å². The summed E-state index contributed by atoms with van der Waals surface area (Å²) in [6.45, 7) is 47.6. The molecule has 0 bridgehead atoms. The van der Waals surface area contributed by atoms with Crippen LogP contribution < -0.4 is 25.9 Å². The second-order valence-electron chi connectivity index (χ2n) is 28.6. The number of aryl methyl sites for hydroxylation is 5. The predicted molar refractivity (Wildman–Crippen MR) is 368 cm³/mol. The third-order valence-corrected chi connectivity index (χ3v) is 25.3. The van der Waals surface area contributed by atoms with Gasteiger partial charge in [-0.3, -0.25) is 0 Å². The number of hydrogen-bond acceptors (Lipinski definition) is 0. The maximum atomic E-state index is 12.5. The molecule has 7 aromatic carbocycles. The zero-order chi connectivity index (χ0) is 76.2. The van der Waals surface area contributed by atoms with E-state index in [9.17, 15) is 92.2 Å². The van der Waals surface area contributed by atoms with Crippen LogP contribution >= 0.6 is 0 Å². The Morgan fingerprint density at radius 3 is 0.866 bits per heavy atom. The minimum Gasteiger partial charge on any atom is -0.166 e. The molecule has 7 rings (SSSR count). The molecule has 26 heteroatoms. The maximum Gasteiger partial charge on any atom is 0.416 e. The van der Waals surface area contributed by atoms with E-state index in [1.807, 2.05) is 0 Å². The molecule has 0 radical (unpaired) electrons. The van der Waals surface area contributed by atoms with Crippen molar-refractivity contribution in [1.82, 2.24) is 0 Å². The summed E-state index contributed by atoms with van der Waals surface area (Å²) in [4.78, 5) is 0. The molecule has 97 heavy (non-hydrogen) atoms. The molecule has 0 N–H and O–H groups in total. The molecule has 0 nitrogen and oxygen atoms in total. The molecular formula is C71H89F21Si5. The first-order chi connectivity index (χ1) is 43.1. The highest BCUT2D eigenvalue weighted by Crippen LogP contribution is 2.44. The molecule has 0 amide bonds. The van der Waals surface area contributed by atoms with Crippen LogP contribution in [0.25, 0.3) is 0 Å². The number of hydrogen-bond donors (Lipinski definition) is 0. The fourth-order valence-electron chi connectivity index (χ4n) is 9.52. The maximum absolute atomic E-state index is 12.5. The second-order valence-corrected chi connectivity index (χ2v) is 53.8. The molecule has 0 aromatic heterocycles. The van der Waals surface area contributed by atoms with E-state index in [4.69, 9.17) is 0 Å². The quantitative estimate of drug-likeness (QED) is 0.119. The van der Waals surface area contributed by atoms with E-state index < -0.39 is 128 Å². The average molecular weight is 1480 g/mol. The minimum atomic E-state index is -5.30. The second kappa shape index (κ2) is 33.5. The molecular weight excluding hydrogens is 1390 g/mol. The van der Waals surface area contributed by atoms with Crippen LogP contribution in [-0.4, -0.2) is 40.4 Å². The molecule has 7 aromatic rings. The summed E-state index contributed by atoms with van der Waals surface area (Å²) < 4.78 is 258. The first kappa shape index (κ1) is 89.2. The molecule has 0 aliphatic heterocycles. The first-order valence-corrected chi connectivity index (χ1v) is 47.8. The number of alkyl halides is 21. The van der Waals surface area contributed by atoms with Gasteiger partial charge in [0.2, 0.25) is 0 Å². The van der Waals surface area contributed by atoms with Crippen molar-refractivity contribution in [3.8, 4) is 0 Å². The number of halogens is 21. The third-order valence-electron chi connectivity index (χ3n) is 14.7. The molecule has 0 aliphatic carbocycles. The topological polar surface area (TPSA) is 0 Å². The molecule has 0 atom stereocenters. The minimum absolute atomic E-state index is 0.0721. The molecule has 0 fully saturated rings. The van der Waals surface area contributed by atoms with Gasteiger partial charge in [-0.05, 0) is 108 Å². The van der Waals surface area contributed by atoms with Crippen LogP contribution in [0.1, 0.15) is 77.9 Å². The molecule has 0 spiro atoms. The Hall–Kier alpha value is -5.85. The van der Waals surface area contributed by atoms with E-state index >= 15 is 0 Å². The van der Waals surface area contributed by atoms with Crippen LogP contribution in [0.4, 0.5) is 92.2 Å². The van der Waals surface area contributed by atoms with Gasteiger partial charge in [-0.1, -0.05) is 243 Å². The van der Waals surface area contributed by atoms with Gasteiger partial charge in [0.1, 0.15) is 0 Å². The lowest BCUT2D eigenvalue weighted by atomic mass is 9.97.